The van der Waals surface area contributed by atoms with Crippen LogP contribution in [0.5, 0.6) is 5.75 Å². The van der Waals surface area contributed by atoms with E-state index in [2.05, 4.69) is 6.58 Å². The lowest BCUT2D eigenvalue weighted by molar-refractivity contribution is 0.244. The van der Waals surface area contributed by atoms with Crippen LogP contribution in [0.2, 0.25) is 0 Å². The Kier molecular flexibility index (Phi) is 4.58. The molecule has 3 heteroatoms. The molecule has 0 fully saturated rings. The smallest absolute Gasteiger partial charge is 0.165 e. The second-order valence-corrected chi connectivity index (χ2v) is 3.13. The first-order chi connectivity index (χ1) is 7.67. The van der Waals surface area contributed by atoms with Gasteiger partial charge in [0.15, 0.2) is 11.6 Å². The highest BCUT2D eigenvalue weighted by Crippen LogP contribution is 2.18. The minimum Gasteiger partial charge on any atom is -0.495 e. The van der Waals surface area contributed by atoms with Crippen molar-refractivity contribution >= 4 is 6.08 Å². The zero-order chi connectivity index (χ0) is 12.0. The van der Waals surface area contributed by atoms with Crippen LogP contribution in [-0.4, -0.2) is 13.7 Å². The highest BCUT2D eigenvalue weighted by Gasteiger charge is 2.01. The fraction of sp³-hybridized carbons (Fsp3) is 0.231. The van der Waals surface area contributed by atoms with Gasteiger partial charge in [0, 0.05) is 0 Å². The third-order valence-corrected chi connectivity index (χ3v) is 1.97. The van der Waals surface area contributed by atoms with Gasteiger partial charge in [-0.05, 0) is 30.7 Å². The Balaban J connectivity index is 2.75. The van der Waals surface area contributed by atoms with E-state index in [0.717, 1.165) is 5.56 Å². The molecule has 0 amide bonds. The van der Waals surface area contributed by atoms with Crippen LogP contribution in [-0.2, 0) is 4.74 Å². The van der Waals surface area contributed by atoms with Gasteiger partial charge in [-0.2, -0.15) is 0 Å². The van der Waals surface area contributed by atoms with E-state index in [4.69, 9.17) is 9.47 Å². The van der Waals surface area contributed by atoms with Gasteiger partial charge >= 0.3 is 0 Å². The van der Waals surface area contributed by atoms with Crippen molar-refractivity contribution in [2.45, 2.75) is 6.92 Å². The lowest BCUT2D eigenvalue weighted by atomic mass is 10.2. The molecule has 0 radical (unpaired) electrons. The standard InChI is InChI=1S/C13H15FO2/c1-4-16-10(2)5-6-11-7-8-13(15-3)12(14)9-11/h5-9H,2,4H2,1,3H3/b6-5+. The number of rotatable bonds is 5. The highest BCUT2D eigenvalue weighted by atomic mass is 19.1. The molecule has 0 spiro atoms. The van der Waals surface area contributed by atoms with Crippen LogP contribution in [0.3, 0.4) is 0 Å². The Labute approximate surface area is 95.0 Å². The SMILES string of the molecule is C=C(/C=C/c1ccc(OC)c(F)c1)OCC. The number of hydrogen-bond donors (Lipinski definition) is 0. The summed E-state index contributed by atoms with van der Waals surface area (Å²) in [4.78, 5) is 0. The lowest BCUT2D eigenvalue weighted by Gasteiger charge is -2.03. The van der Waals surface area contributed by atoms with Crippen LogP contribution in [0.1, 0.15) is 12.5 Å². The van der Waals surface area contributed by atoms with E-state index in [0.29, 0.717) is 12.4 Å². The topological polar surface area (TPSA) is 18.5 Å². The molecule has 0 saturated carbocycles. The van der Waals surface area contributed by atoms with Crippen LogP contribution in [0.4, 0.5) is 4.39 Å². The van der Waals surface area contributed by atoms with Crippen molar-refractivity contribution in [2.75, 3.05) is 13.7 Å². The fourth-order valence-corrected chi connectivity index (χ4v) is 1.21. The van der Waals surface area contributed by atoms with E-state index in [1.54, 1.807) is 24.3 Å². The molecule has 0 aliphatic heterocycles. The van der Waals surface area contributed by atoms with Gasteiger partial charge < -0.3 is 9.47 Å². The van der Waals surface area contributed by atoms with E-state index in [1.807, 2.05) is 6.92 Å². The van der Waals surface area contributed by atoms with E-state index >= 15 is 0 Å². The van der Waals surface area contributed by atoms with Gasteiger partial charge in [0.25, 0.3) is 0 Å². The maximum Gasteiger partial charge on any atom is 0.165 e. The Morgan fingerprint density at radius 1 is 1.50 bits per heavy atom. The molecular formula is C13H15FO2. The third kappa shape index (κ3) is 3.42. The van der Waals surface area contributed by atoms with Crippen molar-refractivity contribution in [1.82, 2.24) is 0 Å². The van der Waals surface area contributed by atoms with Crippen LogP contribution >= 0.6 is 0 Å². The van der Waals surface area contributed by atoms with Crippen molar-refractivity contribution in [3.05, 3.63) is 48.0 Å². The average molecular weight is 222 g/mol. The van der Waals surface area contributed by atoms with Gasteiger partial charge in [-0.3, -0.25) is 0 Å². The molecule has 0 aromatic heterocycles. The third-order valence-electron chi connectivity index (χ3n) is 1.97. The van der Waals surface area contributed by atoms with Crippen molar-refractivity contribution < 1.29 is 13.9 Å². The molecule has 0 aliphatic carbocycles. The molecule has 0 atom stereocenters. The van der Waals surface area contributed by atoms with Gasteiger partial charge in [-0.15, -0.1) is 0 Å². The Hall–Kier alpha value is -1.77. The predicted molar refractivity (Wildman–Crippen MR) is 62.8 cm³/mol. The second-order valence-electron chi connectivity index (χ2n) is 3.13. The van der Waals surface area contributed by atoms with Crippen LogP contribution in [0.25, 0.3) is 6.08 Å². The van der Waals surface area contributed by atoms with Gasteiger partial charge in [0.1, 0.15) is 5.76 Å². The molecule has 1 aromatic rings. The molecular weight excluding hydrogens is 207 g/mol. The molecule has 86 valence electrons. The van der Waals surface area contributed by atoms with Crippen molar-refractivity contribution in [1.29, 1.82) is 0 Å². The highest BCUT2D eigenvalue weighted by molar-refractivity contribution is 5.53. The summed E-state index contributed by atoms with van der Waals surface area (Å²) in [5, 5.41) is 0. The zero-order valence-electron chi connectivity index (χ0n) is 9.50. The molecule has 1 rings (SSSR count). The molecule has 0 aliphatic rings. The lowest BCUT2D eigenvalue weighted by Crippen LogP contribution is -1.88. The first-order valence-electron chi connectivity index (χ1n) is 5.00. The number of allylic oxidation sites excluding steroid dienone is 1. The van der Waals surface area contributed by atoms with E-state index < -0.39 is 0 Å². The van der Waals surface area contributed by atoms with Crippen LogP contribution < -0.4 is 4.74 Å². The van der Waals surface area contributed by atoms with E-state index in [9.17, 15) is 4.39 Å². The maximum atomic E-state index is 13.3. The fourth-order valence-electron chi connectivity index (χ4n) is 1.21. The molecule has 1 aromatic carbocycles. The Bertz CT molecular complexity index is 397. The van der Waals surface area contributed by atoms with Gasteiger partial charge in [0.2, 0.25) is 0 Å². The van der Waals surface area contributed by atoms with E-state index in [1.165, 1.54) is 13.2 Å². The minimum absolute atomic E-state index is 0.237. The van der Waals surface area contributed by atoms with Crippen LogP contribution in [0, 0.1) is 5.82 Å². The molecule has 16 heavy (non-hydrogen) atoms. The summed E-state index contributed by atoms with van der Waals surface area (Å²) in [5.41, 5.74) is 0.735. The molecule has 2 nitrogen and oxygen atoms in total. The summed E-state index contributed by atoms with van der Waals surface area (Å²) >= 11 is 0. The largest absolute Gasteiger partial charge is 0.495 e. The number of hydrogen-bond acceptors (Lipinski definition) is 2. The Morgan fingerprint density at radius 2 is 2.25 bits per heavy atom. The van der Waals surface area contributed by atoms with Gasteiger partial charge in [-0.1, -0.05) is 18.7 Å². The molecule has 0 N–H and O–H groups in total. The predicted octanol–water partition coefficient (Wildman–Crippen LogP) is 3.40. The second kappa shape index (κ2) is 5.95. The van der Waals surface area contributed by atoms with Crippen LogP contribution in [0.15, 0.2) is 36.6 Å². The first-order valence-corrected chi connectivity index (χ1v) is 5.00. The number of halogens is 1. The summed E-state index contributed by atoms with van der Waals surface area (Å²) in [6.45, 7) is 6.14. The molecule has 0 saturated heterocycles. The number of methoxy groups -OCH3 is 1. The minimum atomic E-state index is -0.383. The molecule has 0 bridgehead atoms. The average Bonchev–Trinajstić information content (AvgIpc) is 2.27. The van der Waals surface area contributed by atoms with E-state index in [-0.39, 0.29) is 11.6 Å². The summed E-state index contributed by atoms with van der Waals surface area (Å²) in [6, 6.07) is 4.74. The quantitative estimate of drug-likeness (QED) is 0.561. The first kappa shape index (κ1) is 12.3. The number of benzene rings is 1. The van der Waals surface area contributed by atoms with Gasteiger partial charge in [0.05, 0.1) is 13.7 Å². The van der Waals surface area contributed by atoms with Crippen molar-refractivity contribution in [3.8, 4) is 5.75 Å². The zero-order valence-corrected chi connectivity index (χ0v) is 9.50. The summed E-state index contributed by atoms with van der Waals surface area (Å²) in [6.07, 6.45) is 3.44. The summed E-state index contributed by atoms with van der Waals surface area (Å²) in [7, 11) is 1.44. The normalized spacial score (nSPS) is 10.4. The van der Waals surface area contributed by atoms with Crippen molar-refractivity contribution in [3.63, 3.8) is 0 Å². The summed E-state index contributed by atoms with van der Waals surface area (Å²) in [5.74, 6) is 0.409. The monoisotopic (exact) mass is 222 g/mol. The Morgan fingerprint density at radius 3 is 2.81 bits per heavy atom. The van der Waals surface area contributed by atoms with Gasteiger partial charge in [-0.25, -0.2) is 4.39 Å². The number of ether oxygens (including phenoxy) is 2. The molecule has 0 unspecified atom stereocenters. The molecule has 0 heterocycles. The maximum absolute atomic E-state index is 13.3. The van der Waals surface area contributed by atoms with Crippen molar-refractivity contribution in [2.24, 2.45) is 0 Å². The summed E-state index contributed by atoms with van der Waals surface area (Å²) < 4.78 is 23.3.